The van der Waals surface area contributed by atoms with E-state index in [1.807, 2.05) is 24.3 Å². The van der Waals surface area contributed by atoms with E-state index in [0.29, 0.717) is 11.9 Å². The van der Waals surface area contributed by atoms with Gasteiger partial charge in [0.1, 0.15) is 6.33 Å². The molecule has 0 unspecified atom stereocenters. The maximum Gasteiger partial charge on any atom is 0.266 e. The first kappa shape index (κ1) is 9.46. The number of aromatic amines is 2. The van der Waals surface area contributed by atoms with Crippen LogP contribution in [0.25, 0.3) is 11.0 Å². The number of nitrogens with one attached hydrogen (secondary N) is 3. The van der Waals surface area contributed by atoms with E-state index in [4.69, 9.17) is 0 Å². The second kappa shape index (κ2) is 4.00. The third-order valence-electron chi connectivity index (χ3n) is 2.09. The summed E-state index contributed by atoms with van der Waals surface area (Å²) in [6.45, 7) is 0. The summed E-state index contributed by atoms with van der Waals surface area (Å²) in [5, 5.41) is 13.7. The number of nitrogens with zero attached hydrogens (tertiary/aromatic N) is 5. The van der Waals surface area contributed by atoms with Crippen LogP contribution in [0, 0.1) is 0 Å². The van der Waals surface area contributed by atoms with Gasteiger partial charge in [-0.1, -0.05) is 22.5 Å². The Labute approximate surface area is 95.2 Å². The fraction of sp³-hybridized carbons (Fsp3) is 0. The number of benzene rings is 1. The number of imidazole rings is 1. The normalized spacial score (nSPS) is 11.3. The third-order valence-corrected chi connectivity index (χ3v) is 2.09. The molecule has 0 bridgehead atoms. The lowest BCUT2D eigenvalue weighted by atomic mass is 10.3. The van der Waals surface area contributed by atoms with Crippen molar-refractivity contribution in [2.45, 2.75) is 0 Å². The number of rotatable bonds is 3. The van der Waals surface area contributed by atoms with Crippen LogP contribution in [0.4, 0.5) is 11.9 Å². The van der Waals surface area contributed by atoms with E-state index in [1.54, 1.807) is 0 Å². The number of para-hydroxylation sites is 2. The number of anilines is 1. The Hall–Kier alpha value is -2.77. The molecule has 0 saturated carbocycles. The van der Waals surface area contributed by atoms with Gasteiger partial charge in [0.15, 0.2) is 0 Å². The minimum Gasteiger partial charge on any atom is -0.323 e. The van der Waals surface area contributed by atoms with Crippen molar-refractivity contribution in [3.8, 4) is 0 Å². The number of H-pyrrole nitrogens is 2. The average molecular weight is 228 g/mol. The molecule has 0 spiro atoms. The molecule has 1 aromatic carbocycles. The van der Waals surface area contributed by atoms with E-state index in [1.165, 1.54) is 6.33 Å². The van der Waals surface area contributed by atoms with Gasteiger partial charge in [0.2, 0.25) is 5.95 Å². The summed E-state index contributed by atoms with van der Waals surface area (Å²) in [5.41, 5.74) is 4.48. The van der Waals surface area contributed by atoms with Crippen molar-refractivity contribution in [3.05, 3.63) is 30.6 Å². The Bertz CT molecular complexity index is 605. The van der Waals surface area contributed by atoms with Gasteiger partial charge in [-0.25, -0.2) is 15.5 Å². The van der Waals surface area contributed by atoms with Crippen molar-refractivity contribution in [1.29, 1.82) is 0 Å². The highest BCUT2D eigenvalue weighted by atomic mass is 15.5. The molecule has 2 heterocycles. The van der Waals surface area contributed by atoms with Gasteiger partial charge >= 0.3 is 0 Å². The van der Waals surface area contributed by atoms with E-state index in [9.17, 15) is 0 Å². The predicted molar refractivity (Wildman–Crippen MR) is 60.6 cm³/mol. The fourth-order valence-corrected chi connectivity index (χ4v) is 1.37. The Balaban J connectivity index is 1.77. The quantitative estimate of drug-likeness (QED) is 0.469. The molecule has 3 rings (SSSR count). The van der Waals surface area contributed by atoms with Gasteiger partial charge in [-0.2, -0.15) is 10.1 Å². The first-order valence-corrected chi connectivity index (χ1v) is 4.89. The second-order valence-corrected chi connectivity index (χ2v) is 3.22. The van der Waals surface area contributed by atoms with Crippen LogP contribution in [0.3, 0.4) is 0 Å². The molecule has 17 heavy (non-hydrogen) atoms. The summed E-state index contributed by atoms with van der Waals surface area (Å²) in [4.78, 5) is 11.1. The van der Waals surface area contributed by atoms with Crippen LogP contribution in [0.5, 0.6) is 0 Å². The Morgan fingerprint density at radius 3 is 3.00 bits per heavy atom. The molecule has 3 N–H and O–H groups in total. The molecule has 0 aliphatic heterocycles. The standard InChI is InChI=1S/C9H8N8/c1-2-4-7-6(3-1)12-9(13-7)16-17-15-8-10-5-11-14-8/h1-5H,(H3,10,11,12,13,14,15,16). The number of fused-ring (bicyclic) bond motifs is 1. The molecule has 0 aliphatic rings. The highest BCUT2D eigenvalue weighted by molar-refractivity contribution is 5.77. The summed E-state index contributed by atoms with van der Waals surface area (Å²) in [6, 6.07) is 7.69. The molecule has 2 aromatic heterocycles. The SMILES string of the molecule is c1ccc2[nH]c(N/N=N/c3ncn[nH]3)nc2c1. The monoisotopic (exact) mass is 228 g/mol. The van der Waals surface area contributed by atoms with Crippen molar-refractivity contribution in [1.82, 2.24) is 25.1 Å². The van der Waals surface area contributed by atoms with Crippen LogP contribution in [-0.4, -0.2) is 25.1 Å². The number of aromatic nitrogens is 5. The molecule has 0 fully saturated rings. The predicted octanol–water partition coefficient (Wildman–Crippen LogP) is 1.79. The third kappa shape index (κ3) is 1.95. The van der Waals surface area contributed by atoms with E-state index in [2.05, 4.69) is 40.9 Å². The lowest BCUT2D eigenvalue weighted by Crippen LogP contribution is -1.88. The number of hydrogen-bond donors (Lipinski definition) is 3. The Kier molecular flexibility index (Phi) is 2.23. The lowest BCUT2D eigenvalue weighted by Gasteiger charge is -1.89. The van der Waals surface area contributed by atoms with Crippen LogP contribution in [0.2, 0.25) is 0 Å². The summed E-state index contributed by atoms with van der Waals surface area (Å²) in [7, 11) is 0. The van der Waals surface area contributed by atoms with Crippen molar-refractivity contribution in [2.24, 2.45) is 10.3 Å². The van der Waals surface area contributed by atoms with Crippen molar-refractivity contribution in [2.75, 3.05) is 5.43 Å². The van der Waals surface area contributed by atoms with Crippen molar-refractivity contribution >= 4 is 22.9 Å². The molecular weight excluding hydrogens is 220 g/mol. The highest BCUT2D eigenvalue weighted by Gasteiger charge is 1.99. The summed E-state index contributed by atoms with van der Waals surface area (Å²) < 4.78 is 0. The molecule has 3 aromatic rings. The molecule has 84 valence electrons. The minimum atomic E-state index is 0.327. The molecule has 0 saturated heterocycles. The molecule has 0 amide bonds. The zero-order valence-corrected chi connectivity index (χ0v) is 8.62. The van der Waals surface area contributed by atoms with Gasteiger partial charge in [0, 0.05) is 0 Å². The van der Waals surface area contributed by atoms with Gasteiger partial charge in [0.05, 0.1) is 11.0 Å². The van der Waals surface area contributed by atoms with Crippen LogP contribution in [0.1, 0.15) is 0 Å². The van der Waals surface area contributed by atoms with Crippen LogP contribution < -0.4 is 5.43 Å². The summed E-state index contributed by atoms with van der Waals surface area (Å²) in [5.74, 6) is 0.850. The largest absolute Gasteiger partial charge is 0.323 e. The molecule has 8 nitrogen and oxygen atoms in total. The van der Waals surface area contributed by atoms with Gasteiger partial charge in [-0.05, 0) is 12.1 Å². The lowest BCUT2D eigenvalue weighted by molar-refractivity contribution is 1.01. The van der Waals surface area contributed by atoms with Crippen LogP contribution >= 0.6 is 0 Å². The molecule has 0 radical (unpaired) electrons. The topological polar surface area (TPSA) is 107 Å². The van der Waals surface area contributed by atoms with E-state index >= 15 is 0 Å². The molecule has 8 heteroatoms. The van der Waals surface area contributed by atoms with Crippen molar-refractivity contribution < 1.29 is 0 Å². The van der Waals surface area contributed by atoms with Gasteiger partial charge in [0.25, 0.3) is 5.95 Å². The van der Waals surface area contributed by atoms with Crippen LogP contribution in [-0.2, 0) is 0 Å². The van der Waals surface area contributed by atoms with E-state index < -0.39 is 0 Å². The summed E-state index contributed by atoms with van der Waals surface area (Å²) in [6.07, 6.45) is 1.36. The van der Waals surface area contributed by atoms with Gasteiger partial charge in [-0.3, -0.25) is 0 Å². The number of hydrogen-bond acceptors (Lipinski definition) is 5. The molecule has 0 atom stereocenters. The second-order valence-electron chi connectivity index (χ2n) is 3.22. The molecular formula is C9H8N8. The Morgan fingerprint density at radius 1 is 1.24 bits per heavy atom. The Morgan fingerprint density at radius 2 is 2.18 bits per heavy atom. The summed E-state index contributed by atoms with van der Waals surface area (Å²) >= 11 is 0. The molecule has 0 aliphatic carbocycles. The first-order valence-electron chi connectivity index (χ1n) is 4.89. The smallest absolute Gasteiger partial charge is 0.266 e. The fourth-order valence-electron chi connectivity index (χ4n) is 1.37. The average Bonchev–Trinajstić information content (AvgIpc) is 2.96. The van der Waals surface area contributed by atoms with Crippen molar-refractivity contribution in [3.63, 3.8) is 0 Å². The van der Waals surface area contributed by atoms with E-state index in [-0.39, 0.29) is 0 Å². The zero-order chi connectivity index (χ0) is 11.5. The minimum absolute atomic E-state index is 0.327. The van der Waals surface area contributed by atoms with E-state index in [0.717, 1.165) is 11.0 Å². The maximum absolute atomic E-state index is 4.26. The van der Waals surface area contributed by atoms with Crippen LogP contribution in [0.15, 0.2) is 40.9 Å². The van der Waals surface area contributed by atoms with Gasteiger partial charge < -0.3 is 4.98 Å². The highest BCUT2D eigenvalue weighted by Crippen LogP contribution is 2.13. The zero-order valence-electron chi connectivity index (χ0n) is 8.62. The van der Waals surface area contributed by atoms with Gasteiger partial charge in [-0.15, -0.1) is 0 Å². The first-order chi connectivity index (χ1) is 8.42. The maximum atomic E-state index is 4.26.